The average Bonchev–Trinajstić information content (AvgIpc) is 2.50. The summed E-state index contributed by atoms with van der Waals surface area (Å²) in [5.41, 5.74) is 6.90. The fourth-order valence-corrected chi connectivity index (χ4v) is 2.56. The zero-order valence-electron chi connectivity index (χ0n) is 11.7. The van der Waals surface area contributed by atoms with E-state index < -0.39 is 0 Å². The predicted octanol–water partition coefficient (Wildman–Crippen LogP) is 2.79. The Morgan fingerprint density at radius 2 is 2.10 bits per heavy atom. The number of benzene rings is 1. The predicted molar refractivity (Wildman–Crippen MR) is 85.6 cm³/mol. The summed E-state index contributed by atoms with van der Waals surface area (Å²) in [6.07, 6.45) is 3.89. The highest BCUT2D eigenvalue weighted by molar-refractivity contribution is 7.99. The first-order valence-corrected chi connectivity index (χ1v) is 7.44. The number of hydrogen-bond acceptors (Lipinski definition) is 5. The number of aromatic nitrogens is 1. The molecule has 2 aromatic rings. The molecule has 6 heteroatoms. The quantitative estimate of drug-likeness (QED) is 0.634. The molecule has 0 aliphatic rings. The van der Waals surface area contributed by atoms with Crippen molar-refractivity contribution in [1.29, 1.82) is 0 Å². The Kier molecular flexibility index (Phi) is 5.45. The first kappa shape index (κ1) is 15.2. The minimum absolute atomic E-state index is 0.0559. The van der Waals surface area contributed by atoms with Gasteiger partial charge in [-0.15, -0.1) is 11.8 Å². The molecule has 5 nitrogen and oxygen atoms in total. The highest BCUT2D eigenvalue weighted by atomic mass is 32.2. The average molecular weight is 303 g/mol. The smallest absolute Gasteiger partial charge is 0.225 e. The lowest BCUT2D eigenvalue weighted by Crippen LogP contribution is -2.13. The minimum Gasteiger partial charge on any atom is -0.494 e. The Morgan fingerprint density at radius 1 is 1.33 bits per heavy atom. The minimum atomic E-state index is -0.0559. The number of nitrogens with two attached hydrogens (primary N) is 1. The van der Waals surface area contributed by atoms with Crippen molar-refractivity contribution < 1.29 is 9.53 Å². The number of methoxy groups -OCH3 is 1. The number of nitrogens with one attached hydrogen (secondary N) is 1. The highest BCUT2D eigenvalue weighted by Crippen LogP contribution is 2.27. The lowest BCUT2D eigenvalue weighted by molar-refractivity contribution is -0.115. The van der Waals surface area contributed by atoms with Crippen LogP contribution in [0.15, 0.2) is 47.6 Å². The fraction of sp³-hybridized carbons (Fsp3) is 0.200. The summed E-state index contributed by atoms with van der Waals surface area (Å²) in [5, 5.41) is 2.83. The fourth-order valence-electron chi connectivity index (χ4n) is 1.72. The van der Waals surface area contributed by atoms with Crippen LogP contribution >= 0.6 is 11.8 Å². The molecule has 0 atom stereocenters. The van der Waals surface area contributed by atoms with Gasteiger partial charge in [-0.1, -0.05) is 0 Å². The lowest BCUT2D eigenvalue weighted by atomic mass is 10.2. The standard InChI is InChI=1S/C15H17N3O2S/c1-20-14-10-11(16)2-3-13(14)18-15(19)6-9-21-12-4-7-17-8-5-12/h2-5,7-8,10H,6,9,16H2,1H3,(H,18,19). The Morgan fingerprint density at radius 3 is 2.81 bits per heavy atom. The molecule has 1 heterocycles. The van der Waals surface area contributed by atoms with Crippen LogP contribution < -0.4 is 15.8 Å². The van der Waals surface area contributed by atoms with Crippen LogP contribution in [-0.2, 0) is 4.79 Å². The molecule has 0 spiro atoms. The zero-order valence-corrected chi connectivity index (χ0v) is 12.5. The Bertz CT molecular complexity index is 605. The van der Waals surface area contributed by atoms with Crippen molar-refractivity contribution in [2.24, 2.45) is 0 Å². The topological polar surface area (TPSA) is 77.2 Å². The van der Waals surface area contributed by atoms with E-state index in [9.17, 15) is 4.79 Å². The van der Waals surface area contributed by atoms with E-state index >= 15 is 0 Å². The van der Waals surface area contributed by atoms with Gasteiger partial charge in [0.1, 0.15) is 5.75 Å². The van der Waals surface area contributed by atoms with Crippen LogP contribution in [0, 0.1) is 0 Å². The molecule has 3 N–H and O–H groups in total. The summed E-state index contributed by atoms with van der Waals surface area (Å²) in [4.78, 5) is 17.0. The summed E-state index contributed by atoms with van der Waals surface area (Å²) < 4.78 is 5.19. The van der Waals surface area contributed by atoms with Gasteiger partial charge in [0.05, 0.1) is 12.8 Å². The normalized spacial score (nSPS) is 10.1. The Labute approximate surface area is 127 Å². The van der Waals surface area contributed by atoms with Gasteiger partial charge in [0, 0.05) is 41.2 Å². The maximum Gasteiger partial charge on any atom is 0.225 e. The van der Waals surface area contributed by atoms with Gasteiger partial charge in [-0.3, -0.25) is 9.78 Å². The highest BCUT2D eigenvalue weighted by Gasteiger charge is 2.08. The van der Waals surface area contributed by atoms with E-state index in [1.54, 1.807) is 49.5 Å². The van der Waals surface area contributed by atoms with Gasteiger partial charge in [-0.05, 0) is 24.3 Å². The molecule has 1 aromatic heterocycles. The molecular weight excluding hydrogens is 286 g/mol. The summed E-state index contributed by atoms with van der Waals surface area (Å²) >= 11 is 1.62. The zero-order chi connectivity index (χ0) is 15.1. The largest absolute Gasteiger partial charge is 0.494 e. The van der Waals surface area contributed by atoms with Crippen molar-refractivity contribution in [3.63, 3.8) is 0 Å². The molecule has 0 fully saturated rings. The van der Waals surface area contributed by atoms with Crippen molar-refractivity contribution in [3.8, 4) is 5.75 Å². The molecule has 0 saturated carbocycles. The van der Waals surface area contributed by atoms with Gasteiger partial charge in [-0.25, -0.2) is 0 Å². The van der Waals surface area contributed by atoms with Gasteiger partial charge in [-0.2, -0.15) is 0 Å². The van der Waals surface area contributed by atoms with Crippen molar-refractivity contribution in [1.82, 2.24) is 4.98 Å². The molecule has 1 amide bonds. The molecule has 0 radical (unpaired) electrons. The molecule has 0 aliphatic carbocycles. The molecule has 0 bridgehead atoms. The number of nitrogens with zero attached hydrogens (tertiary/aromatic N) is 1. The third-order valence-corrected chi connectivity index (χ3v) is 3.76. The first-order valence-electron chi connectivity index (χ1n) is 6.45. The number of anilines is 2. The number of rotatable bonds is 6. The molecule has 2 rings (SSSR count). The number of carbonyl (C=O) groups is 1. The van der Waals surface area contributed by atoms with Crippen LogP contribution in [0.1, 0.15) is 6.42 Å². The monoisotopic (exact) mass is 303 g/mol. The number of carbonyl (C=O) groups excluding carboxylic acids is 1. The SMILES string of the molecule is COc1cc(N)ccc1NC(=O)CCSc1ccncc1. The number of nitrogen functional groups attached to an aromatic ring is 1. The van der Waals surface area contributed by atoms with E-state index in [-0.39, 0.29) is 5.91 Å². The molecule has 1 aromatic carbocycles. The van der Waals surface area contributed by atoms with E-state index in [0.29, 0.717) is 29.3 Å². The molecular formula is C15H17N3O2S. The Balaban J connectivity index is 1.85. The van der Waals surface area contributed by atoms with E-state index in [2.05, 4.69) is 10.3 Å². The number of hydrogen-bond donors (Lipinski definition) is 2. The second-order valence-electron chi connectivity index (χ2n) is 4.29. The third-order valence-electron chi connectivity index (χ3n) is 2.75. The molecule has 110 valence electrons. The summed E-state index contributed by atoms with van der Waals surface area (Å²) in [6.45, 7) is 0. The molecule has 21 heavy (non-hydrogen) atoms. The van der Waals surface area contributed by atoms with Crippen molar-refractivity contribution in [2.45, 2.75) is 11.3 Å². The molecule has 0 unspecified atom stereocenters. The van der Waals surface area contributed by atoms with Gasteiger partial charge >= 0.3 is 0 Å². The molecule has 0 saturated heterocycles. The molecule has 0 aliphatic heterocycles. The Hall–Kier alpha value is -2.21. The van der Waals surface area contributed by atoms with Gasteiger partial charge in [0.25, 0.3) is 0 Å². The third kappa shape index (κ3) is 4.68. The first-order chi connectivity index (χ1) is 10.2. The summed E-state index contributed by atoms with van der Waals surface area (Å²) in [5.74, 6) is 1.21. The summed E-state index contributed by atoms with van der Waals surface area (Å²) in [6, 6.07) is 8.99. The second-order valence-corrected chi connectivity index (χ2v) is 5.46. The van der Waals surface area contributed by atoms with Crippen molar-refractivity contribution in [3.05, 3.63) is 42.7 Å². The van der Waals surface area contributed by atoms with Crippen LogP contribution in [0.2, 0.25) is 0 Å². The lowest BCUT2D eigenvalue weighted by Gasteiger charge is -2.10. The number of thioether (sulfide) groups is 1. The van der Waals surface area contributed by atoms with Gasteiger partial charge in [0.15, 0.2) is 0 Å². The van der Waals surface area contributed by atoms with Crippen LogP contribution in [0.4, 0.5) is 11.4 Å². The van der Waals surface area contributed by atoms with Crippen LogP contribution in [0.3, 0.4) is 0 Å². The van der Waals surface area contributed by atoms with E-state index in [0.717, 1.165) is 4.90 Å². The van der Waals surface area contributed by atoms with E-state index in [1.807, 2.05) is 12.1 Å². The summed E-state index contributed by atoms with van der Waals surface area (Å²) in [7, 11) is 1.55. The van der Waals surface area contributed by atoms with E-state index in [4.69, 9.17) is 10.5 Å². The van der Waals surface area contributed by atoms with Crippen LogP contribution in [0.5, 0.6) is 5.75 Å². The van der Waals surface area contributed by atoms with Gasteiger partial charge < -0.3 is 15.8 Å². The maximum atomic E-state index is 11.9. The maximum absolute atomic E-state index is 11.9. The van der Waals surface area contributed by atoms with Crippen LogP contribution in [-0.4, -0.2) is 23.8 Å². The second kappa shape index (κ2) is 7.54. The van der Waals surface area contributed by atoms with Crippen LogP contribution in [0.25, 0.3) is 0 Å². The van der Waals surface area contributed by atoms with Gasteiger partial charge in [0.2, 0.25) is 5.91 Å². The number of ether oxygens (including phenoxy) is 1. The van der Waals surface area contributed by atoms with Crippen molar-refractivity contribution >= 4 is 29.0 Å². The van der Waals surface area contributed by atoms with E-state index in [1.165, 1.54) is 0 Å². The van der Waals surface area contributed by atoms with Crippen molar-refractivity contribution in [2.75, 3.05) is 23.9 Å². The number of pyridine rings is 1. The number of amides is 1.